The molecule has 0 N–H and O–H groups in total. The van der Waals surface area contributed by atoms with E-state index in [2.05, 4.69) is 36.9 Å². The Hall–Kier alpha value is -0.950. The molecule has 0 saturated carbocycles. The van der Waals surface area contributed by atoms with Gasteiger partial charge in [0.05, 0.1) is 6.07 Å². The van der Waals surface area contributed by atoms with Gasteiger partial charge in [-0.15, -0.1) is 0 Å². The molecule has 0 spiro atoms. The smallest absolute Gasteiger partial charge is 0.211 e. The van der Waals surface area contributed by atoms with Crippen LogP contribution in [0.15, 0.2) is 32.1 Å². The Balaban J connectivity index is 3.17. The summed E-state index contributed by atoms with van der Waals surface area (Å²) in [5.74, 6) is 0. The van der Waals surface area contributed by atoms with E-state index in [1.807, 2.05) is 12.1 Å². The largest absolute Gasteiger partial charge is 0.236 e. The molecule has 0 heterocycles. The zero-order chi connectivity index (χ0) is 10.6. The normalized spacial score (nSPS) is 11.2. The maximum atomic E-state index is 10.1. The quantitative estimate of drug-likeness (QED) is 0.622. The number of nitrogens with zero attached hydrogens (tertiary/aromatic N) is 2. The molecule has 0 fully saturated rings. The Morgan fingerprint density at radius 2 is 1.86 bits per heavy atom. The van der Waals surface area contributed by atoms with Crippen LogP contribution in [0.1, 0.15) is 11.6 Å². The van der Waals surface area contributed by atoms with E-state index in [1.165, 1.54) is 6.08 Å². The second-order valence-electron chi connectivity index (χ2n) is 2.45. The summed E-state index contributed by atoms with van der Waals surface area (Å²) in [4.78, 5) is 13.4. The number of hydrogen-bond donors (Lipinski definition) is 0. The van der Waals surface area contributed by atoms with Crippen LogP contribution < -0.4 is 0 Å². The molecule has 1 aromatic carbocycles. The topological polar surface area (TPSA) is 53.2 Å². The van der Waals surface area contributed by atoms with Crippen LogP contribution in [-0.2, 0) is 4.79 Å². The van der Waals surface area contributed by atoms with E-state index in [9.17, 15) is 4.79 Å². The third kappa shape index (κ3) is 2.78. The summed E-state index contributed by atoms with van der Waals surface area (Å²) in [5.41, 5.74) is 0.650. The number of isocyanates is 1. The molecule has 0 aliphatic heterocycles. The molecule has 14 heavy (non-hydrogen) atoms. The van der Waals surface area contributed by atoms with Crippen molar-refractivity contribution < 1.29 is 4.79 Å². The van der Waals surface area contributed by atoms with Crippen LogP contribution >= 0.6 is 31.9 Å². The van der Waals surface area contributed by atoms with Crippen LogP contribution in [0.5, 0.6) is 0 Å². The molecular formula is C9H4Br2N2O. The molecule has 0 aromatic heterocycles. The molecule has 0 radical (unpaired) electrons. The van der Waals surface area contributed by atoms with Crippen molar-refractivity contribution in [3.8, 4) is 6.07 Å². The van der Waals surface area contributed by atoms with E-state index in [4.69, 9.17) is 5.26 Å². The summed E-state index contributed by atoms with van der Waals surface area (Å²) >= 11 is 6.56. The van der Waals surface area contributed by atoms with Gasteiger partial charge in [0.2, 0.25) is 6.08 Å². The zero-order valence-electron chi connectivity index (χ0n) is 6.87. The van der Waals surface area contributed by atoms with Crippen LogP contribution in [-0.4, -0.2) is 6.08 Å². The molecule has 70 valence electrons. The minimum atomic E-state index is -0.790. The van der Waals surface area contributed by atoms with Crippen molar-refractivity contribution in [3.63, 3.8) is 0 Å². The van der Waals surface area contributed by atoms with Gasteiger partial charge < -0.3 is 0 Å². The third-order valence-electron chi connectivity index (χ3n) is 1.50. The number of nitriles is 1. The maximum absolute atomic E-state index is 10.1. The Kier molecular flexibility index (Phi) is 4.02. The summed E-state index contributed by atoms with van der Waals surface area (Å²) in [6.45, 7) is 0. The summed E-state index contributed by atoms with van der Waals surface area (Å²) in [6.07, 6.45) is 1.38. The van der Waals surface area contributed by atoms with Gasteiger partial charge in [-0.2, -0.15) is 10.3 Å². The van der Waals surface area contributed by atoms with Crippen molar-refractivity contribution in [1.82, 2.24) is 0 Å². The molecule has 0 saturated heterocycles. The first-order valence-electron chi connectivity index (χ1n) is 3.60. The first-order valence-corrected chi connectivity index (χ1v) is 5.18. The first kappa shape index (κ1) is 11.1. The van der Waals surface area contributed by atoms with E-state index < -0.39 is 6.04 Å². The second kappa shape index (κ2) is 5.06. The number of carbonyl (C=O) groups excluding carboxylic acids is 1. The van der Waals surface area contributed by atoms with Gasteiger partial charge in [0.25, 0.3) is 0 Å². The lowest BCUT2D eigenvalue weighted by atomic mass is 10.1. The number of rotatable bonds is 2. The van der Waals surface area contributed by atoms with E-state index >= 15 is 0 Å². The van der Waals surface area contributed by atoms with E-state index in [1.54, 1.807) is 12.1 Å². The molecule has 1 aromatic rings. The van der Waals surface area contributed by atoms with Crippen molar-refractivity contribution in [1.29, 1.82) is 5.26 Å². The lowest BCUT2D eigenvalue weighted by molar-refractivity contribution is 0.561. The lowest BCUT2D eigenvalue weighted by Crippen LogP contribution is -1.91. The molecular weight excluding hydrogens is 312 g/mol. The van der Waals surface area contributed by atoms with E-state index in [-0.39, 0.29) is 0 Å². The van der Waals surface area contributed by atoms with Gasteiger partial charge in [-0.05, 0) is 23.8 Å². The molecule has 5 heteroatoms. The van der Waals surface area contributed by atoms with Crippen molar-refractivity contribution in [2.45, 2.75) is 6.04 Å². The molecule has 1 atom stereocenters. The second-order valence-corrected chi connectivity index (χ2v) is 4.29. The highest BCUT2D eigenvalue weighted by Crippen LogP contribution is 2.25. The highest BCUT2D eigenvalue weighted by atomic mass is 79.9. The molecule has 0 amide bonds. The van der Waals surface area contributed by atoms with E-state index in [0.29, 0.717) is 5.56 Å². The van der Waals surface area contributed by atoms with Crippen LogP contribution in [0.2, 0.25) is 0 Å². The molecule has 3 nitrogen and oxygen atoms in total. The first-order chi connectivity index (χ1) is 6.67. The average molecular weight is 316 g/mol. The lowest BCUT2D eigenvalue weighted by Gasteiger charge is -2.03. The molecule has 1 unspecified atom stereocenters. The predicted molar refractivity (Wildman–Crippen MR) is 58.3 cm³/mol. The fourth-order valence-corrected chi connectivity index (χ4v) is 2.29. The molecule has 0 aliphatic carbocycles. The van der Waals surface area contributed by atoms with Gasteiger partial charge in [0.1, 0.15) is 0 Å². The highest BCUT2D eigenvalue weighted by molar-refractivity contribution is 9.11. The fourth-order valence-electron chi connectivity index (χ4n) is 0.964. The SMILES string of the molecule is N#CC(N=C=O)c1cc(Br)cc(Br)c1. The fraction of sp³-hybridized carbons (Fsp3) is 0.111. The summed E-state index contributed by atoms with van der Waals surface area (Å²) in [6, 6.07) is 6.42. The van der Waals surface area contributed by atoms with Gasteiger partial charge in [-0.25, -0.2) is 4.79 Å². The van der Waals surface area contributed by atoms with Crippen LogP contribution in [0, 0.1) is 11.3 Å². The van der Waals surface area contributed by atoms with Crippen LogP contribution in [0.3, 0.4) is 0 Å². The summed E-state index contributed by atoms with van der Waals surface area (Å²) in [7, 11) is 0. The summed E-state index contributed by atoms with van der Waals surface area (Å²) in [5, 5.41) is 8.74. The van der Waals surface area contributed by atoms with E-state index in [0.717, 1.165) is 8.95 Å². The molecule has 0 bridgehead atoms. The Bertz CT molecular complexity index is 413. The minimum Gasteiger partial charge on any atom is -0.211 e. The van der Waals surface area contributed by atoms with Crippen molar-refractivity contribution >= 4 is 37.9 Å². The van der Waals surface area contributed by atoms with Gasteiger partial charge in [0, 0.05) is 8.95 Å². The van der Waals surface area contributed by atoms with Gasteiger partial charge in [0.15, 0.2) is 6.04 Å². The molecule has 1 rings (SSSR count). The number of hydrogen-bond acceptors (Lipinski definition) is 3. The van der Waals surface area contributed by atoms with Crippen LogP contribution in [0.25, 0.3) is 0 Å². The standard InChI is InChI=1S/C9H4Br2N2O/c10-7-1-6(2-8(11)3-7)9(4-12)13-5-14/h1-3,9H. The van der Waals surface area contributed by atoms with Gasteiger partial charge >= 0.3 is 0 Å². The monoisotopic (exact) mass is 314 g/mol. The van der Waals surface area contributed by atoms with Crippen molar-refractivity contribution in [2.75, 3.05) is 0 Å². The maximum Gasteiger partial charge on any atom is 0.236 e. The number of halogens is 2. The summed E-state index contributed by atoms with van der Waals surface area (Å²) < 4.78 is 1.64. The highest BCUT2D eigenvalue weighted by Gasteiger charge is 2.09. The van der Waals surface area contributed by atoms with Gasteiger partial charge in [-0.1, -0.05) is 31.9 Å². The van der Waals surface area contributed by atoms with Gasteiger partial charge in [-0.3, -0.25) is 0 Å². The minimum absolute atomic E-state index is 0.650. The predicted octanol–water partition coefficient (Wildman–Crippen LogP) is 3.11. The number of aliphatic imine (C=N–C) groups is 1. The van der Waals surface area contributed by atoms with Crippen molar-refractivity contribution in [3.05, 3.63) is 32.7 Å². The Morgan fingerprint density at radius 1 is 1.29 bits per heavy atom. The molecule has 0 aliphatic rings. The average Bonchev–Trinajstić information content (AvgIpc) is 2.12. The third-order valence-corrected chi connectivity index (χ3v) is 2.42. The Labute approximate surface area is 97.7 Å². The van der Waals surface area contributed by atoms with Crippen molar-refractivity contribution in [2.24, 2.45) is 4.99 Å². The number of benzene rings is 1. The van der Waals surface area contributed by atoms with Crippen LogP contribution in [0.4, 0.5) is 0 Å². The zero-order valence-corrected chi connectivity index (χ0v) is 10.0. The Morgan fingerprint density at radius 3 is 2.29 bits per heavy atom.